The van der Waals surface area contributed by atoms with Crippen LogP contribution in [0.5, 0.6) is 5.75 Å². The van der Waals surface area contributed by atoms with Gasteiger partial charge >= 0.3 is 12.1 Å². The first-order valence-corrected chi connectivity index (χ1v) is 10.4. The monoisotopic (exact) mass is 490 g/mol. The van der Waals surface area contributed by atoms with Gasteiger partial charge in [0, 0.05) is 23.4 Å². The Morgan fingerprint density at radius 1 is 1.21 bits per heavy atom. The average Bonchev–Trinajstić information content (AvgIpc) is 3.14. The minimum atomic E-state index is -4.68. The second-order valence-corrected chi connectivity index (χ2v) is 9.12. The zero-order valence-electron chi connectivity index (χ0n) is 17.6. The first kappa shape index (κ1) is 24.7. The van der Waals surface area contributed by atoms with Crippen molar-refractivity contribution in [3.63, 3.8) is 0 Å². The van der Waals surface area contributed by atoms with Crippen molar-refractivity contribution in [1.82, 2.24) is 4.98 Å². The SMILES string of the molecule is COC(=O)c1cc(NC(=O)C2SC(C)(C(F)(F)F)CC2c2ccc(F)c(F)c2OC)ccn1. The molecule has 0 spiro atoms. The number of nitrogens with zero attached hydrogens (tertiary/aromatic N) is 1. The fourth-order valence-electron chi connectivity index (χ4n) is 3.61. The van der Waals surface area contributed by atoms with Crippen molar-refractivity contribution < 1.29 is 41.0 Å². The fourth-order valence-corrected chi connectivity index (χ4v) is 5.16. The Balaban J connectivity index is 2.00. The van der Waals surface area contributed by atoms with Gasteiger partial charge in [0.25, 0.3) is 0 Å². The summed E-state index contributed by atoms with van der Waals surface area (Å²) < 4.78 is 76.6. The second kappa shape index (κ2) is 9.16. The number of benzene rings is 1. The summed E-state index contributed by atoms with van der Waals surface area (Å²) in [6.45, 7) is 0.950. The second-order valence-electron chi connectivity index (χ2n) is 7.47. The van der Waals surface area contributed by atoms with Crippen molar-refractivity contribution >= 4 is 29.3 Å². The Bertz CT molecular complexity index is 1080. The Hall–Kier alpha value is -2.89. The van der Waals surface area contributed by atoms with Crippen molar-refractivity contribution in [2.24, 2.45) is 0 Å². The van der Waals surface area contributed by atoms with Crippen LogP contribution < -0.4 is 10.1 Å². The number of hydrogen-bond acceptors (Lipinski definition) is 6. The van der Waals surface area contributed by atoms with Gasteiger partial charge in [0.15, 0.2) is 11.6 Å². The van der Waals surface area contributed by atoms with E-state index in [0.29, 0.717) is 11.8 Å². The smallest absolute Gasteiger partial charge is 0.403 e. The van der Waals surface area contributed by atoms with E-state index in [1.807, 2.05) is 0 Å². The maximum atomic E-state index is 14.3. The van der Waals surface area contributed by atoms with Crippen molar-refractivity contribution in [2.45, 2.75) is 35.4 Å². The number of methoxy groups -OCH3 is 2. The fraction of sp³-hybridized carbons (Fsp3) is 0.381. The highest BCUT2D eigenvalue weighted by molar-refractivity contribution is 8.02. The van der Waals surface area contributed by atoms with Gasteiger partial charge in [0.2, 0.25) is 11.7 Å². The van der Waals surface area contributed by atoms with Crippen LogP contribution in [-0.4, -0.2) is 47.3 Å². The van der Waals surface area contributed by atoms with Crippen LogP contribution >= 0.6 is 11.8 Å². The van der Waals surface area contributed by atoms with E-state index in [2.05, 4.69) is 15.0 Å². The lowest BCUT2D eigenvalue weighted by Gasteiger charge is -2.26. The summed E-state index contributed by atoms with van der Waals surface area (Å²) >= 11 is 0.378. The molecular weight excluding hydrogens is 471 g/mol. The first-order chi connectivity index (χ1) is 15.4. The standard InChI is InChI=1S/C21H19F5N2O4S/c1-20(21(24,25)26)9-12(11-4-5-13(22)15(23)16(11)31-2)17(33-20)18(29)28-10-6-7-27-14(8-10)19(30)32-3/h4-8,12,17H,9H2,1-3H3,(H,27,28,29). The van der Waals surface area contributed by atoms with E-state index in [1.165, 1.54) is 18.3 Å². The highest BCUT2D eigenvalue weighted by Gasteiger charge is 2.60. The molecule has 12 heteroatoms. The molecule has 0 saturated carbocycles. The van der Waals surface area contributed by atoms with E-state index < -0.39 is 57.8 Å². The first-order valence-electron chi connectivity index (χ1n) is 9.53. The number of amides is 1. The molecule has 1 aromatic carbocycles. The third-order valence-corrected chi connectivity index (χ3v) is 7.04. The van der Waals surface area contributed by atoms with Crippen molar-refractivity contribution in [1.29, 1.82) is 0 Å². The lowest BCUT2D eigenvalue weighted by atomic mass is 9.85. The minimum Gasteiger partial charge on any atom is -0.493 e. The molecule has 0 bridgehead atoms. The minimum absolute atomic E-state index is 0.0537. The molecule has 0 radical (unpaired) electrons. The summed E-state index contributed by atoms with van der Waals surface area (Å²) in [5, 5.41) is 1.14. The Morgan fingerprint density at radius 2 is 1.91 bits per heavy atom. The number of carbonyl (C=O) groups is 2. The van der Waals surface area contributed by atoms with E-state index in [-0.39, 0.29) is 16.9 Å². The Labute approximate surface area is 189 Å². The molecule has 1 saturated heterocycles. The molecule has 1 aliphatic rings. The number of alkyl halides is 3. The summed E-state index contributed by atoms with van der Waals surface area (Å²) in [5.74, 6) is -5.86. The Kier molecular flexibility index (Phi) is 6.87. The molecule has 3 unspecified atom stereocenters. The number of esters is 1. The number of ether oxygens (including phenoxy) is 2. The number of thioether (sulfide) groups is 1. The molecule has 178 valence electrons. The molecule has 6 nitrogen and oxygen atoms in total. The zero-order valence-corrected chi connectivity index (χ0v) is 18.4. The molecule has 1 amide bonds. The zero-order chi connectivity index (χ0) is 24.6. The number of hydrogen-bond donors (Lipinski definition) is 1. The average molecular weight is 490 g/mol. The van der Waals surface area contributed by atoms with E-state index in [0.717, 1.165) is 33.3 Å². The maximum absolute atomic E-state index is 14.3. The number of anilines is 1. The summed E-state index contributed by atoms with van der Waals surface area (Å²) in [6.07, 6.45) is -4.02. The van der Waals surface area contributed by atoms with E-state index in [1.54, 1.807) is 0 Å². The highest BCUT2D eigenvalue weighted by atomic mass is 32.2. The summed E-state index contributed by atoms with van der Waals surface area (Å²) in [4.78, 5) is 28.5. The van der Waals surface area contributed by atoms with Crippen LogP contribution in [0, 0.1) is 11.6 Å². The van der Waals surface area contributed by atoms with Crippen molar-refractivity contribution in [3.05, 3.63) is 53.4 Å². The van der Waals surface area contributed by atoms with Gasteiger partial charge in [-0.15, -0.1) is 11.8 Å². The molecule has 2 heterocycles. The molecule has 2 aromatic rings. The number of aromatic nitrogens is 1. The van der Waals surface area contributed by atoms with Crippen LogP contribution in [0.1, 0.15) is 35.3 Å². The number of halogens is 5. The van der Waals surface area contributed by atoms with Crippen LogP contribution in [0.4, 0.5) is 27.6 Å². The topological polar surface area (TPSA) is 77.5 Å². The van der Waals surface area contributed by atoms with E-state index >= 15 is 0 Å². The third-order valence-electron chi connectivity index (χ3n) is 5.33. The van der Waals surface area contributed by atoms with Crippen LogP contribution in [0.3, 0.4) is 0 Å². The van der Waals surface area contributed by atoms with Gasteiger partial charge in [-0.1, -0.05) is 6.07 Å². The molecule has 1 N–H and O–H groups in total. The van der Waals surface area contributed by atoms with Crippen molar-refractivity contribution in [2.75, 3.05) is 19.5 Å². The van der Waals surface area contributed by atoms with Gasteiger partial charge in [0.05, 0.1) is 19.5 Å². The molecule has 1 aliphatic heterocycles. The molecular formula is C21H19F5N2O4S. The van der Waals surface area contributed by atoms with E-state index in [9.17, 15) is 31.5 Å². The van der Waals surface area contributed by atoms with Crippen LogP contribution in [0.2, 0.25) is 0 Å². The summed E-state index contributed by atoms with van der Waals surface area (Å²) in [5.41, 5.74) is -0.0667. The maximum Gasteiger partial charge on any atom is 0.403 e. The quantitative estimate of drug-likeness (QED) is 0.484. The van der Waals surface area contributed by atoms with Gasteiger partial charge in [-0.05, 0) is 31.5 Å². The van der Waals surface area contributed by atoms with Gasteiger partial charge in [-0.2, -0.15) is 17.6 Å². The van der Waals surface area contributed by atoms with Crippen molar-refractivity contribution in [3.8, 4) is 5.75 Å². The lowest BCUT2D eigenvalue weighted by molar-refractivity contribution is -0.155. The summed E-state index contributed by atoms with van der Waals surface area (Å²) in [7, 11) is 2.20. The van der Waals surface area contributed by atoms with Gasteiger partial charge in [0.1, 0.15) is 10.4 Å². The molecule has 3 atom stereocenters. The van der Waals surface area contributed by atoms with Gasteiger partial charge in [-0.25, -0.2) is 14.2 Å². The van der Waals surface area contributed by atoms with Gasteiger partial charge < -0.3 is 14.8 Å². The molecule has 1 fully saturated rings. The molecule has 33 heavy (non-hydrogen) atoms. The number of rotatable bonds is 5. The number of nitrogens with one attached hydrogen (secondary N) is 1. The number of carbonyl (C=O) groups excluding carboxylic acids is 2. The predicted molar refractivity (Wildman–Crippen MR) is 110 cm³/mol. The van der Waals surface area contributed by atoms with E-state index in [4.69, 9.17) is 4.74 Å². The van der Waals surface area contributed by atoms with Crippen LogP contribution in [-0.2, 0) is 9.53 Å². The largest absolute Gasteiger partial charge is 0.493 e. The molecule has 0 aliphatic carbocycles. The summed E-state index contributed by atoms with van der Waals surface area (Å²) in [6, 6.07) is 4.45. The third kappa shape index (κ3) is 4.75. The lowest BCUT2D eigenvalue weighted by Crippen LogP contribution is -2.37. The Morgan fingerprint density at radius 3 is 2.52 bits per heavy atom. The predicted octanol–water partition coefficient (Wildman–Crippen LogP) is 4.70. The van der Waals surface area contributed by atoms with Crippen LogP contribution in [0.15, 0.2) is 30.5 Å². The molecule has 3 rings (SSSR count). The normalized spacial score (nSPS) is 22.7. The van der Waals surface area contributed by atoms with Crippen LogP contribution in [0.25, 0.3) is 0 Å². The molecule has 1 aromatic heterocycles. The highest BCUT2D eigenvalue weighted by Crippen LogP contribution is 2.59. The van der Waals surface area contributed by atoms with Gasteiger partial charge in [-0.3, -0.25) is 4.79 Å². The number of pyridine rings is 1.